The van der Waals surface area contributed by atoms with E-state index < -0.39 is 0 Å². The molecule has 0 spiro atoms. The van der Waals surface area contributed by atoms with Crippen LogP contribution in [0.2, 0.25) is 0 Å². The van der Waals surface area contributed by atoms with E-state index in [0.29, 0.717) is 18.9 Å². The monoisotopic (exact) mass is 162 g/mol. The second-order valence-electron chi connectivity index (χ2n) is 2.30. The van der Waals surface area contributed by atoms with Crippen LogP contribution in [0.1, 0.15) is 12.1 Å². The molecule has 0 amide bonds. The highest BCUT2D eigenvalue weighted by Crippen LogP contribution is 2.02. The molecule has 0 aliphatic rings. The smallest absolute Gasteiger partial charge is 0.232 e. The Morgan fingerprint density at radius 3 is 2.92 bits per heavy atom. The van der Waals surface area contributed by atoms with Gasteiger partial charge in [0.15, 0.2) is 0 Å². The Hall–Kier alpha value is -1.56. The van der Waals surface area contributed by atoms with Crippen LogP contribution in [0.25, 0.3) is 0 Å². The maximum atomic E-state index is 5.19. The van der Waals surface area contributed by atoms with Crippen LogP contribution in [0.5, 0.6) is 5.88 Å². The third-order valence-electron chi connectivity index (χ3n) is 1.25. The summed E-state index contributed by atoms with van der Waals surface area (Å²) in [4.78, 5) is 8.02. The van der Waals surface area contributed by atoms with Crippen molar-refractivity contribution < 1.29 is 4.74 Å². The van der Waals surface area contributed by atoms with Crippen molar-refractivity contribution >= 4 is 0 Å². The number of rotatable bonds is 3. The molecule has 12 heavy (non-hydrogen) atoms. The second-order valence-corrected chi connectivity index (χ2v) is 2.30. The van der Waals surface area contributed by atoms with Gasteiger partial charge >= 0.3 is 0 Å². The van der Waals surface area contributed by atoms with Gasteiger partial charge in [-0.25, -0.2) is 4.98 Å². The van der Waals surface area contributed by atoms with Crippen LogP contribution in [0.3, 0.4) is 0 Å². The number of nitrogens with zero attached hydrogens (tertiary/aromatic N) is 2. The van der Waals surface area contributed by atoms with Gasteiger partial charge in [-0.1, -0.05) is 0 Å². The normalized spacial score (nSPS) is 9.00. The number of aromatic nitrogens is 2. The Labute approximate surface area is 71.8 Å². The van der Waals surface area contributed by atoms with Gasteiger partial charge in [-0.3, -0.25) is 4.98 Å². The number of aryl methyl sites for hydroxylation is 1. The molecule has 0 aliphatic heterocycles. The van der Waals surface area contributed by atoms with Crippen molar-refractivity contribution in [3.8, 4) is 18.2 Å². The van der Waals surface area contributed by atoms with Crippen molar-refractivity contribution in [2.75, 3.05) is 6.61 Å². The molecular weight excluding hydrogens is 152 g/mol. The van der Waals surface area contributed by atoms with E-state index in [1.165, 1.54) is 0 Å². The molecule has 0 fully saturated rings. The largest absolute Gasteiger partial charge is 0.476 e. The SMILES string of the molecule is C#CCCOc1cnc(C)cn1. The molecule has 0 N–H and O–H groups in total. The highest BCUT2D eigenvalue weighted by atomic mass is 16.5. The molecule has 0 aliphatic carbocycles. The second kappa shape index (κ2) is 4.35. The highest BCUT2D eigenvalue weighted by Gasteiger charge is 1.93. The molecule has 0 bridgehead atoms. The zero-order valence-electron chi connectivity index (χ0n) is 6.95. The molecular formula is C9H10N2O. The minimum absolute atomic E-state index is 0.494. The van der Waals surface area contributed by atoms with Gasteiger partial charge in [0.2, 0.25) is 5.88 Å². The van der Waals surface area contributed by atoms with Gasteiger partial charge in [0.25, 0.3) is 0 Å². The summed E-state index contributed by atoms with van der Waals surface area (Å²) >= 11 is 0. The Bertz CT molecular complexity index is 274. The Kier molecular flexibility index (Phi) is 3.09. The van der Waals surface area contributed by atoms with Crippen LogP contribution in [0.15, 0.2) is 12.4 Å². The van der Waals surface area contributed by atoms with Gasteiger partial charge in [0.05, 0.1) is 18.1 Å². The van der Waals surface area contributed by atoms with Gasteiger partial charge < -0.3 is 4.74 Å². The third-order valence-corrected chi connectivity index (χ3v) is 1.25. The van der Waals surface area contributed by atoms with Crippen molar-refractivity contribution in [2.45, 2.75) is 13.3 Å². The lowest BCUT2D eigenvalue weighted by molar-refractivity contribution is 0.313. The summed E-state index contributed by atoms with van der Waals surface area (Å²) < 4.78 is 5.19. The first kappa shape index (κ1) is 8.54. The minimum Gasteiger partial charge on any atom is -0.476 e. The van der Waals surface area contributed by atoms with Gasteiger partial charge in [-0.15, -0.1) is 12.3 Å². The lowest BCUT2D eigenvalue weighted by atomic mass is 10.5. The van der Waals surface area contributed by atoms with Crippen molar-refractivity contribution in [2.24, 2.45) is 0 Å². The van der Waals surface area contributed by atoms with Crippen molar-refractivity contribution in [3.63, 3.8) is 0 Å². The topological polar surface area (TPSA) is 35.0 Å². The average Bonchev–Trinajstić information content (AvgIpc) is 2.09. The molecule has 1 rings (SSSR count). The van der Waals surface area contributed by atoms with Crippen LogP contribution in [-0.4, -0.2) is 16.6 Å². The average molecular weight is 162 g/mol. The molecule has 1 heterocycles. The van der Waals surface area contributed by atoms with Crippen LogP contribution in [0, 0.1) is 19.3 Å². The van der Waals surface area contributed by atoms with E-state index in [4.69, 9.17) is 11.2 Å². The molecule has 0 saturated carbocycles. The van der Waals surface area contributed by atoms with Gasteiger partial charge in [-0.05, 0) is 6.92 Å². The van der Waals surface area contributed by atoms with E-state index in [1.54, 1.807) is 12.4 Å². The van der Waals surface area contributed by atoms with Gasteiger partial charge in [0, 0.05) is 6.42 Å². The van der Waals surface area contributed by atoms with Crippen LogP contribution < -0.4 is 4.74 Å². The molecule has 0 unspecified atom stereocenters. The predicted molar refractivity (Wildman–Crippen MR) is 45.7 cm³/mol. The molecule has 1 aromatic heterocycles. The highest BCUT2D eigenvalue weighted by molar-refractivity contribution is 5.05. The fourth-order valence-electron chi connectivity index (χ4n) is 0.670. The fourth-order valence-corrected chi connectivity index (χ4v) is 0.670. The molecule has 3 heteroatoms. The first-order chi connectivity index (χ1) is 5.83. The number of hydrogen-bond donors (Lipinski definition) is 0. The van der Waals surface area contributed by atoms with E-state index >= 15 is 0 Å². The van der Waals surface area contributed by atoms with E-state index in [1.807, 2.05) is 6.92 Å². The van der Waals surface area contributed by atoms with Crippen LogP contribution in [0.4, 0.5) is 0 Å². The summed E-state index contributed by atoms with van der Waals surface area (Å²) in [6.45, 7) is 2.37. The van der Waals surface area contributed by atoms with Crippen molar-refractivity contribution in [3.05, 3.63) is 18.1 Å². The zero-order valence-corrected chi connectivity index (χ0v) is 6.95. The van der Waals surface area contributed by atoms with E-state index in [-0.39, 0.29) is 0 Å². The molecule has 0 aromatic carbocycles. The van der Waals surface area contributed by atoms with Crippen molar-refractivity contribution in [1.82, 2.24) is 9.97 Å². The number of terminal acetylenes is 1. The molecule has 0 atom stereocenters. The summed E-state index contributed by atoms with van der Waals surface area (Å²) in [5.41, 5.74) is 0.874. The first-order valence-corrected chi connectivity index (χ1v) is 3.68. The number of hydrogen-bond acceptors (Lipinski definition) is 3. The van der Waals surface area contributed by atoms with E-state index in [9.17, 15) is 0 Å². The van der Waals surface area contributed by atoms with Gasteiger partial charge in [0.1, 0.15) is 6.61 Å². The maximum absolute atomic E-state index is 5.19. The van der Waals surface area contributed by atoms with E-state index in [0.717, 1.165) is 5.69 Å². The molecule has 0 radical (unpaired) electrons. The molecule has 1 aromatic rings. The lowest BCUT2D eigenvalue weighted by Crippen LogP contribution is -1.98. The molecule has 3 nitrogen and oxygen atoms in total. The maximum Gasteiger partial charge on any atom is 0.232 e. The van der Waals surface area contributed by atoms with E-state index in [2.05, 4.69) is 15.9 Å². The summed E-state index contributed by atoms with van der Waals surface area (Å²) in [7, 11) is 0. The summed E-state index contributed by atoms with van der Waals surface area (Å²) in [6, 6.07) is 0. The van der Waals surface area contributed by atoms with Gasteiger partial charge in [-0.2, -0.15) is 0 Å². The fraction of sp³-hybridized carbons (Fsp3) is 0.333. The Morgan fingerprint density at radius 1 is 1.50 bits per heavy atom. The quantitative estimate of drug-likeness (QED) is 0.494. The predicted octanol–water partition coefficient (Wildman–Crippen LogP) is 1.19. The summed E-state index contributed by atoms with van der Waals surface area (Å²) in [5, 5.41) is 0. The minimum atomic E-state index is 0.494. The van der Waals surface area contributed by atoms with Crippen LogP contribution in [-0.2, 0) is 0 Å². The summed E-state index contributed by atoms with van der Waals surface area (Å²) in [6.07, 6.45) is 8.89. The Balaban J connectivity index is 2.43. The first-order valence-electron chi connectivity index (χ1n) is 3.68. The summed E-state index contributed by atoms with van der Waals surface area (Å²) in [5.74, 6) is 3.00. The zero-order chi connectivity index (χ0) is 8.81. The molecule has 62 valence electrons. The standard InChI is InChI=1S/C9H10N2O/c1-3-4-5-12-9-7-10-8(2)6-11-9/h1,6-7H,4-5H2,2H3. The lowest BCUT2D eigenvalue weighted by Gasteiger charge is -2.00. The van der Waals surface area contributed by atoms with Crippen LogP contribution >= 0.6 is 0 Å². The molecule has 0 saturated heterocycles. The van der Waals surface area contributed by atoms with Crippen molar-refractivity contribution in [1.29, 1.82) is 0 Å². The Morgan fingerprint density at radius 2 is 2.33 bits per heavy atom. The third kappa shape index (κ3) is 2.59. The number of ether oxygens (including phenoxy) is 1.